The Morgan fingerprint density at radius 3 is 2.10 bits per heavy atom. The quantitative estimate of drug-likeness (QED) is 0.805. The molecule has 0 bridgehead atoms. The first-order valence-electron chi connectivity index (χ1n) is 8.02. The van der Waals surface area contributed by atoms with E-state index in [-0.39, 0.29) is 0 Å². The van der Waals surface area contributed by atoms with Crippen LogP contribution in [0.25, 0.3) is 0 Å². The van der Waals surface area contributed by atoms with Crippen LogP contribution in [0.4, 0.5) is 0 Å². The van der Waals surface area contributed by atoms with Gasteiger partial charge >= 0.3 is 0 Å². The Morgan fingerprint density at radius 1 is 0.857 bits per heavy atom. The van der Waals surface area contributed by atoms with Gasteiger partial charge in [0.2, 0.25) is 0 Å². The maximum Gasteiger partial charge on any atom is 0.0360 e. The summed E-state index contributed by atoms with van der Waals surface area (Å²) in [6, 6.07) is 16.2. The number of rotatable bonds is 6. The van der Waals surface area contributed by atoms with Crippen LogP contribution in [0.1, 0.15) is 47.7 Å². The first kappa shape index (κ1) is 15.8. The zero-order valence-corrected chi connectivity index (χ0v) is 13.7. The molecule has 0 fully saturated rings. The van der Waals surface area contributed by atoms with Crippen LogP contribution in [0.5, 0.6) is 0 Å². The van der Waals surface area contributed by atoms with Crippen molar-refractivity contribution in [3.63, 3.8) is 0 Å². The Morgan fingerprint density at radius 2 is 1.52 bits per heavy atom. The van der Waals surface area contributed by atoms with Gasteiger partial charge in [-0.05, 0) is 61.1 Å². The Bertz CT molecular complexity index is 569. The molecular weight excluding hydrogens is 254 g/mol. The van der Waals surface area contributed by atoms with Crippen LogP contribution in [-0.2, 0) is 12.8 Å². The summed E-state index contributed by atoms with van der Waals surface area (Å²) in [7, 11) is 0. The van der Waals surface area contributed by atoms with E-state index in [0.29, 0.717) is 6.04 Å². The molecule has 0 aliphatic heterocycles. The minimum absolute atomic E-state index is 0.391. The number of likely N-dealkylation sites (N-methyl/N-ethyl adjacent to an activating group) is 1. The fourth-order valence-corrected chi connectivity index (χ4v) is 2.68. The highest BCUT2D eigenvalue weighted by Gasteiger charge is 2.12. The van der Waals surface area contributed by atoms with E-state index in [9.17, 15) is 0 Å². The molecule has 0 heterocycles. The first-order chi connectivity index (χ1) is 10.1. The lowest BCUT2D eigenvalue weighted by Gasteiger charge is -2.20. The first-order valence-corrected chi connectivity index (χ1v) is 8.02. The van der Waals surface area contributed by atoms with E-state index in [0.717, 1.165) is 19.4 Å². The van der Waals surface area contributed by atoms with Crippen LogP contribution >= 0.6 is 0 Å². The van der Waals surface area contributed by atoms with Crippen LogP contribution in [0.2, 0.25) is 0 Å². The van der Waals surface area contributed by atoms with Crippen LogP contribution in [0.3, 0.4) is 0 Å². The van der Waals surface area contributed by atoms with Gasteiger partial charge in [-0.3, -0.25) is 0 Å². The molecule has 0 aromatic heterocycles. The molecule has 2 aromatic carbocycles. The van der Waals surface area contributed by atoms with Gasteiger partial charge in [0.05, 0.1) is 0 Å². The van der Waals surface area contributed by atoms with Crippen LogP contribution in [0.15, 0.2) is 42.5 Å². The largest absolute Gasteiger partial charge is 0.310 e. The third kappa shape index (κ3) is 4.18. The second-order valence-corrected chi connectivity index (χ2v) is 5.83. The Hall–Kier alpha value is -1.60. The fraction of sp³-hybridized carbons (Fsp3) is 0.400. The summed E-state index contributed by atoms with van der Waals surface area (Å²) in [4.78, 5) is 0. The Kier molecular flexibility index (Phi) is 5.58. The van der Waals surface area contributed by atoms with Gasteiger partial charge < -0.3 is 5.32 Å². The topological polar surface area (TPSA) is 12.0 Å². The van der Waals surface area contributed by atoms with Crippen molar-refractivity contribution >= 4 is 0 Å². The molecule has 0 saturated heterocycles. The van der Waals surface area contributed by atoms with Gasteiger partial charge in [-0.25, -0.2) is 0 Å². The summed E-state index contributed by atoms with van der Waals surface area (Å²) < 4.78 is 0. The molecule has 2 rings (SSSR count). The lowest BCUT2D eigenvalue weighted by molar-refractivity contribution is 0.549. The molecule has 1 heteroatoms. The predicted molar refractivity (Wildman–Crippen MR) is 91.9 cm³/mol. The van der Waals surface area contributed by atoms with Gasteiger partial charge in [-0.2, -0.15) is 0 Å². The van der Waals surface area contributed by atoms with Crippen molar-refractivity contribution in [2.45, 2.75) is 46.6 Å². The lowest BCUT2D eigenvalue weighted by atomic mass is 9.95. The molecule has 0 amide bonds. The molecule has 0 spiro atoms. The van der Waals surface area contributed by atoms with Crippen LogP contribution in [0, 0.1) is 13.8 Å². The van der Waals surface area contributed by atoms with E-state index >= 15 is 0 Å². The highest BCUT2D eigenvalue weighted by atomic mass is 14.9. The van der Waals surface area contributed by atoms with Crippen molar-refractivity contribution < 1.29 is 0 Å². The average molecular weight is 281 g/mol. The highest BCUT2D eigenvalue weighted by molar-refractivity contribution is 5.33. The van der Waals surface area contributed by atoms with Gasteiger partial charge in [0.15, 0.2) is 0 Å². The van der Waals surface area contributed by atoms with Crippen molar-refractivity contribution in [3.05, 3.63) is 70.3 Å². The van der Waals surface area contributed by atoms with E-state index < -0.39 is 0 Å². The monoisotopic (exact) mass is 281 g/mol. The van der Waals surface area contributed by atoms with Crippen molar-refractivity contribution in [2.24, 2.45) is 0 Å². The molecule has 1 atom stereocenters. The van der Waals surface area contributed by atoms with Crippen LogP contribution < -0.4 is 5.32 Å². The second-order valence-electron chi connectivity index (χ2n) is 5.83. The molecule has 1 unspecified atom stereocenters. The normalized spacial score (nSPS) is 12.4. The van der Waals surface area contributed by atoms with Crippen LogP contribution in [-0.4, -0.2) is 6.54 Å². The third-order valence-corrected chi connectivity index (χ3v) is 4.25. The van der Waals surface area contributed by atoms with Gasteiger partial charge in [-0.15, -0.1) is 0 Å². The Labute approximate surface area is 129 Å². The summed E-state index contributed by atoms with van der Waals surface area (Å²) in [5.74, 6) is 0. The van der Waals surface area contributed by atoms with Gasteiger partial charge in [0.1, 0.15) is 0 Å². The molecule has 112 valence electrons. The third-order valence-electron chi connectivity index (χ3n) is 4.25. The second kappa shape index (κ2) is 7.42. The zero-order chi connectivity index (χ0) is 15.2. The van der Waals surface area contributed by atoms with Gasteiger partial charge in [-0.1, -0.05) is 56.3 Å². The molecule has 1 nitrogen and oxygen atoms in total. The average Bonchev–Trinajstić information content (AvgIpc) is 2.50. The number of benzene rings is 2. The number of hydrogen-bond donors (Lipinski definition) is 1. The van der Waals surface area contributed by atoms with Gasteiger partial charge in [0, 0.05) is 6.04 Å². The maximum absolute atomic E-state index is 3.62. The zero-order valence-electron chi connectivity index (χ0n) is 13.7. The van der Waals surface area contributed by atoms with E-state index in [4.69, 9.17) is 0 Å². The molecule has 0 aliphatic carbocycles. The van der Waals surface area contributed by atoms with Crippen molar-refractivity contribution in [2.75, 3.05) is 6.54 Å². The summed E-state index contributed by atoms with van der Waals surface area (Å²) in [5, 5.41) is 3.62. The molecule has 1 N–H and O–H groups in total. The highest BCUT2D eigenvalue weighted by Crippen LogP contribution is 2.21. The number of aryl methyl sites for hydroxylation is 3. The minimum atomic E-state index is 0.391. The van der Waals surface area contributed by atoms with E-state index in [2.05, 4.69) is 75.5 Å². The van der Waals surface area contributed by atoms with Crippen molar-refractivity contribution in [1.29, 1.82) is 0 Å². The van der Waals surface area contributed by atoms with E-state index in [1.807, 2.05) is 0 Å². The number of nitrogens with one attached hydrogen (secondary N) is 1. The summed E-state index contributed by atoms with van der Waals surface area (Å²) in [6.07, 6.45) is 2.15. The van der Waals surface area contributed by atoms with Crippen molar-refractivity contribution in [3.8, 4) is 0 Å². The summed E-state index contributed by atoms with van der Waals surface area (Å²) in [6.45, 7) is 9.73. The van der Waals surface area contributed by atoms with E-state index in [1.165, 1.54) is 27.8 Å². The Balaban J connectivity index is 2.19. The number of hydrogen-bond acceptors (Lipinski definition) is 1. The molecule has 0 aliphatic rings. The van der Waals surface area contributed by atoms with Crippen molar-refractivity contribution in [1.82, 2.24) is 5.32 Å². The summed E-state index contributed by atoms with van der Waals surface area (Å²) >= 11 is 0. The maximum atomic E-state index is 3.62. The standard InChI is InChI=1S/C20H27N/c1-5-17-8-10-18(11-9-17)14-20(21-6-2)19-12-7-15(3)16(4)13-19/h7-13,20-21H,5-6,14H2,1-4H3. The predicted octanol–water partition coefficient (Wildman–Crippen LogP) is 4.76. The summed E-state index contributed by atoms with van der Waals surface area (Å²) in [5.41, 5.74) is 6.93. The molecule has 2 aromatic rings. The van der Waals surface area contributed by atoms with Gasteiger partial charge in [0.25, 0.3) is 0 Å². The minimum Gasteiger partial charge on any atom is -0.310 e. The molecular formula is C20H27N. The molecule has 0 radical (unpaired) electrons. The fourth-order valence-electron chi connectivity index (χ4n) is 2.68. The molecule has 21 heavy (non-hydrogen) atoms. The smallest absolute Gasteiger partial charge is 0.0360 e. The molecule has 0 saturated carbocycles. The SMILES string of the molecule is CCNC(Cc1ccc(CC)cc1)c1ccc(C)c(C)c1. The lowest BCUT2D eigenvalue weighted by Crippen LogP contribution is -2.23. The van der Waals surface area contributed by atoms with E-state index in [1.54, 1.807) is 0 Å².